The number of pyridine rings is 1. The van der Waals surface area contributed by atoms with Gasteiger partial charge in [0.2, 0.25) is 11.8 Å². The van der Waals surface area contributed by atoms with Gasteiger partial charge in [0.15, 0.2) is 0 Å². The quantitative estimate of drug-likeness (QED) is 0.0739. The lowest BCUT2D eigenvalue weighted by Crippen LogP contribution is -2.41. The Balaban J connectivity index is 1.07. The van der Waals surface area contributed by atoms with Crippen molar-refractivity contribution in [3.63, 3.8) is 0 Å². The third-order valence-electron chi connectivity index (χ3n) is 8.80. The second-order valence-electron chi connectivity index (χ2n) is 12.6. The fourth-order valence-electron chi connectivity index (χ4n) is 5.87. The van der Waals surface area contributed by atoms with Crippen molar-refractivity contribution in [1.82, 2.24) is 46.2 Å². The monoisotopic (exact) mass is 741 g/mol. The lowest BCUT2D eigenvalue weighted by molar-refractivity contribution is -0.124. The molecule has 0 bridgehead atoms. The highest BCUT2D eigenvalue weighted by Crippen LogP contribution is 2.26. The molecule has 0 unspecified atom stereocenters. The number of rotatable bonds is 13. The Hall–Kier alpha value is -7.29. The first-order chi connectivity index (χ1) is 26.6. The van der Waals surface area contributed by atoms with Crippen LogP contribution in [0.15, 0.2) is 116 Å². The van der Waals surface area contributed by atoms with Crippen molar-refractivity contribution < 1.29 is 29.0 Å². The van der Waals surface area contributed by atoms with E-state index in [1.807, 2.05) is 42.5 Å². The van der Waals surface area contributed by atoms with Crippen LogP contribution in [0, 0.1) is 0 Å². The van der Waals surface area contributed by atoms with Crippen molar-refractivity contribution >= 4 is 24.0 Å². The van der Waals surface area contributed by atoms with Crippen molar-refractivity contribution in [3.8, 4) is 33.8 Å². The summed E-state index contributed by atoms with van der Waals surface area (Å²) in [5.41, 5.74) is 5.90. The Morgan fingerprint density at radius 3 is 1.53 bits per heavy atom. The number of hydrogen-bond donors (Lipinski definition) is 7. The Morgan fingerprint density at radius 2 is 1.05 bits per heavy atom. The van der Waals surface area contributed by atoms with E-state index in [-0.39, 0.29) is 0 Å². The highest BCUT2D eigenvalue weighted by molar-refractivity contribution is 5.87. The molecule has 3 aromatic carbocycles. The lowest BCUT2D eigenvalue weighted by Gasteiger charge is -2.20. The van der Waals surface area contributed by atoms with E-state index >= 15 is 0 Å². The molecular weight excluding hydrogens is 702 g/mol. The molecule has 0 aliphatic carbocycles. The lowest BCUT2D eigenvalue weighted by atomic mass is 10.1. The number of benzene rings is 3. The van der Waals surface area contributed by atoms with E-state index in [0.29, 0.717) is 28.5 Å². The zero-order valence-corrected chi connectivity index (χ0v) is 30.1. The summed E-state index contributed by atoms with van der Waals surface area (Å²) >= 11 is 0. The van der Waals surface area contributed by atoms with Gasteiger partial charge in [0, 0.05) is 17.3 Å². The topological polar surface area (TPSA) is 216 Å². The highest BCUT2D eigenvalue weighted by Gasteiger charge is 2.26. The number of nitrogens with one attached hydrogen (secondary N) is 6. The molecule has 4 atom stereocenters. The van der Waals surface area contributed by atoms with Crippen LogP contribution in [-0.4, -0.2) is 61.1 Å². The summed E-state index contributed by atoms with van der Waals surface area (Å²) in [4.78, 5) is 69.7. The third kappa shape index (κ3) is 9.21. The maximum atomic E-state index is 13.2. The number of aromatic nitrogens is 5. The number of amides is 4. The van der Waals surface area contributed by atoms with Gasteiger partial charge in [-0.15, -0.1) is 0 Å². The molecule has 0 fully saturated rings. The fourth-order valence-corrected chi connectivity index (χ4v) is 5.87. The Labute approximate surface area is 316 Å². The molecular formula is C40H39N9O6. The fraction of sp³-hybridized carbons (Fsp3) is 0.175. The maximum absolute atomic E-state index is 13.2. The van der Waals surface area contributed by atoms with E-state index in [2.05, 4.69) is 46.2 Å². The normalized spacial score (nSPS) is 13.1. The molecule has 6 rings (SSSR count). The van der Waals surface area contributed by atoms with Crippen molar-refractivity contribution in [3.05, 3.63) is 138 Å². The molecule has 6 aromatic rings. The van der Waals surface area contributed by atoms with Gasteiger partial charge in [-0.1, -0.05) is 84.9 Å². The number of alkyl carbamates (subject to hydrolysis) is 1. The number of hydrogen-bond acceptors (Lipinski definition) is 8. The zero-order valence-electron chi connectivity index (χ0n) is 30.1. The Morgan fingerprint density at radius 1 is 0.582 bits per heavy atom. The van der Waals surface area contributed by atoms with Crippen molar-refractivity contribution in [2.24, 2.45) is 0 Å². The maximum Gasteiger partial charge on any atom is 0.407 e. The van der Waals surface area contributed by atoms with E-state index < -0.39 is 48.2 Å². The summed E-state index contributed by atoms with van der Waals surface area (Å²) in [5, 5.41) is 19.9. The standard InChI is InChI=1S/C40H39N9O6/c1-23(45-38(51)34(49-40(54)55-3)28-12-8-5-9-13-28)35-42-21-31(46-35)26-16-14-25(15-17-26)30-19-18-29(20-41-30)32-22-43-36(47-32)24(2)44-37(50)33(48-39(52)53)27-10-6-4-7-11-27/h4-24,33-34,48H,1-3H3,(H,42,46)(H,43,47)(H,44,50)(H,45,51)(H,49,54)(H,52,53)/t23-,24-,33+,34+/m0/s1. The molecule has 0 saturated heterocycles. The van der Waals surface area contributed by atoms with E-state index in [9.17, 15) is 24.3 Å². The van der Waals surface area contributed by atoms with Gasteiger partial charge in [0.1, 0.15) is 23.7 Å². The van der Waals surface area contributed by atoms with Crippen LogP contribution in [0.2, 0.25) is 0 Å². The largest absolute Gasteiger partial charge is 0.465 e. The molecule has 3 heterocycles. The second kappa shape index (κ2) is 17.0. The van der Waals surface area contributed by atoms with Crippen molar-refractivity contribution in [2.75, 3.05) is 7.11 Å². The first-order valence-electron chi connectivity index (χ1n) is 17.3. The van der Waals surface area contributed by atoms with Gasteiger partial charge in [0.05, 0.1) is 48.7 Å². The van der Waals surface area contributed by atoms with Gasteiger partial charge in [-0.3, -0.25) is 14.6 Å². The van der Waals surface area contributed by atoms with Crippen LogP contribution in [0.4, 0.5) is 9.59 Å². The molecule has 7 N–H and O–H groups in total. The van der Waals surface area contributed by atoms with Crippen LogP contribution in [0.5, 0.6) is 0 Å². The van der Waals surface area contributed by atoms with Crippen LogP contribution >= 0.6 is 0 Å². The number of ether oxygens (including phenoxy) is 1. The van der Waals surface area contributed by atoms with Gasteiger partial charge < -0.3 is 41.1 Å². The molecule has 0 radical (unpaired) electrons. The predicted molar refractivity (Wildman–Crippen MR) is 203 cm³/mol. The van der Waals surface area contributed by atoms with E-state index in [0.717, 1.165) is 28.1 Å². The van der Waals surface area contributed by atoms with Crippen LogP contribution in [0.25, 0.3) is 33.8 Å². The number of carbonyl (C=O) groups is 4. The molecule has 0 spiro atoms. The summed E-state index contributed by atoms with van der Waals surface area (Å²) in [6.45, 7) is 3.55. The summed E-state index contributed by atoms with van der Waals surface area (Å²) in [7, 11) is 1.24. The Kier molecular flexibility index (Phi) is 11.6. The number of methoxy groups -OCH3 is 1. The molecule has 0 aliphatic rings. The average molecular weight is 742 g/mol. The molecule has 0 saturated carbocycles. The first-order valence-corrected chi connectivity index (χ1v) is 17.3. The third-order valence-corrected chi connectivity index (χ3v) is 8.80. The average Bonchev–Trinajstić information content (AvgIpc) is 3.91. The van der Waals surface area contributed by atoms with Gasteiger partial charge in [-0.05, 0) is 42.7 Å². The summed E-state index contributed by atoms with van der Waals surface area (Å²) < 4.78 is 4.72. The zero-order chi connectivity index (χ0) is 38.9. The molecule has 0 aliphatic heterocycles. The van der Waals surface area contributed by atoms with Crippen molar-refractivity contribution in [1.29, 1.82) is 0 Å². The summed E-state index contributed by atoms with van der Waals surface area (Å²) in [5.74, 6) is 0.114. The molecule has 15 heteroatoms. The van der Waals surface area contributed by atoms with Gasteiger partial charge in [-0.25, -0.2) is 19.6 Å². The van der Waals surface area contributed by atoms with E-state index in [1.165, 1.54) is 7.11 Å². The van der Waals surface area contributed by atoms with Crippen LogP contribution in [-0.2, 0) is 14.3 Å². The van der Waals surface area contributed by atoms with Crippen molar-refractivity contribution in [2.45, 2.75) is 38.0 Å². The molecule has 4 amide bonds. The van der Waals surface area contributed by atoms with E-state index in [1.54, 1.807) is 87.0 Å². The van der Waals surface area contributed by atoms with Crippen LogP contribution in [0.1, 0.15) is 60.8 Å². The van der Waals surface area contributed by atoms with Gasteiger partial charge >= 0.3 is 12.2 Å². The molecule has 280 valence electrons. The number of imidazole rings is 2. The molecule has 15 nitrogen and oxygen atoms in total. The van der Waals surface area contributed by atoms with Crippen LogP contribution in [0.3, 0.4) is 0 Å². The van der Waals surface area contributed by atoms with Gasteiger partial charge in [-0.2, -0.15) is 0 Å². The summed E-state index contributed by atoms with van der Waals surface area (Å²) in [6.07, 6.45) is 3.05. The second-order valence-corrected chi connectivity index (χ2v) is 12.6. The Bertz CT molecular complexity index is 2240. The van der Waals surface area contributed by atoms with E-state index in [4.69, 9.17) is 4.74 Å². The van der Waals surface area contributed by atoms with Crippen LogP contribution < -0.4 is 21.3 Å². The number of nitrogens with zero attached hydrogens (tertiary/aromatic N) is 3. The minimum absolute atomic E-state index is 0.416. The number of carboxylic acid groups (broad SMARTS) is 1. The SMILES string of the molecule is COC(=O)N[C@@H](C(=O)N[C@@H](C)c1ncc(-c2ccc(-c3ccc(-c4cnc([C@H](C)NC(=O)[C@H](NC(=O)O)c5ccccc5)[nH]4)cn3)cc2)[nH]1)c1ccccc1. The first kappa shape index (κ1) is 37.5. The number of H-pyrrole nitrogens is 2. The number of carbonyl (C=O) groups excluding carboxylic acids is 3. The molecule has 55 heavy (non-hydrogen) atoms. The predicted octanol–water partition coefficient (Wildman–Crippen LogP) is 5.99. The smallest absolute Gasteiger partial charge is 0.407 e. The minimum Gasteiger partial charge on any atom is -0.465 e. The number of aromatic amines is 2. The van der Waals surface area contributed by atoms with Gasteiger partial charge in [0.25, 0.3) is 0 Å². The molecule has 3 aromatic heterocycles. The minimum atomic E-state index is -1.31. The highest BCUT2D eigenvalue weighted by atomic mass is 16.5. The summed E-state index contributed by atoms with van der Waals surface area (Å²) in [6, 6.07) is 26.0.